The minimum Gasteiger partial charge on any atom is -0.480 e. The van der Waals surface area contributed by atoms with Crippen molar-refractivity contribution in [1.82, 2.24) is 0 Å². The van der Waals surface area contributed by atoms with E-state index in [9.17, 15) is 4.79 Å². The third kappa shape index (κ3) is 38.1. The molecule has 0 fully saturated rings. The van der Waals surface area contributed by atoms with Gasteiger partial charge < -0.3 is 21.7 Å². The van der Waals surface area contributed by atoms with Crippen molar-refractivity contribution >= 4 is 5.97 Å². The maximum Gasteiger partial charge on any atom is 0.317 e. The molecular formula is C4H12N2O3. The highest BCUT2D eigenvalue weighted by Crippen LogP contribution is 1.43. The van der Waals surface area contributed by atoms with E-state index in [1.165, 1.54) is 0 Å². The van der Waals surface area contributed by atoms with Gasteiger partial charge in [-0.25, -0.2) is 0 Å². The van der Waals surface area contributed by atoms with Crippen molar-refractivity contribution in [3.63, 3.8) is 0 Å². The van der Waals surface area contributed by atoms with Crippen LogP contribution < -0.4 is 11.5 Å². The summed E-state index contributed by atoms with van der Waals surface area (Å²) in [6.07, 6.45) is 0. The number of aliphatic carboxylic acids is 1. The Bertz CT molecular complexity index is 64.8. The summed E-state index contributed by atoms with van der Waals surface area (Å²) in [4.78, 5) is 9.24. The SMILES string of the molecule is NCC(=O)O.NCCO. The lowest BCUT2D eigenvalue weighted by atomic mass is 10.7. The molecule has 0 aliphatic rings. The lowest BCUT2D eigenvalue weighted by Gasteiger charge is -1.73. The van der Waals surface area contributed by atoms with Crippen molar-refractivity contribution in [2.45, 2.75) is 0 Å². The van der Waals surface area contributed by atoms with Crippen LogP contribution in [0.2, 0.25) is 0 Å². The van der Waals surface area contributed by atoms with E-state index in [2.05, 4.69) is 5.73 Å². The Hall–Kier alpha value is -0.650. The van der Waals surface area contributed by atoms with Gasteiger partial charge in [-0.3, -0.25) is 4.79 Å². The molecule has 0 saturated carbocycles. The summed E-state index contributed by atoms with van der Waals surface area (Å²) in [5.41, 5.74) is 9.35. The zero-order valence-corrected chi connectivity index (χ0v) is 5.08. The molecule has 0 radical (unpaired) electrons. The average Bonchev–Trinajstić information content (AvgIpc) is 1.89. The molecule has 0 rings (SSSR count). The Morgan fingerprint density at radius 2 is 1.67 bits per heavy atom. The highest BCUT2D eigenvalue weighted by Gasteiger charge is 1.81. The van der Waals surface area contributed by atoms with Gasteiger partial charge in [0.25, 0.3) is 0 Å². The van der Waals surface area contributed by atoms with Crippen LogP contribution in [0.5, 0.6) is 0 Å². The molecule has 0 aromatic carbocycles. The Kier molecular flexibility index (Phi) is 12.9. The predicted octanol–water partition coefficient (Wildman–Crippen LogP) is -2.03. The molecule has 0 unspecified atom stereocenters. The first-order chi connectivity index (χ1) is 4.18. The van der Waals surface area contributed by atoms with Crippen LogP contribution in [-0.2, 0) is 4.79 Å². The summed E-state index contributed by atoms with van der Waals surface area (Å²) in [6, 6.07) is 0. The van der Waals surface area contributed by atoms with E-state index >= 15 is 0 Å². The van der Waals surface area contributed by atoms with E-state index in [0.29, 0.717) is 6.54 Å². The van der Waals surface area contributed by atoms with E-state index in [1.807, 2.05) is 0 Å². The summed E-state index contributed by atoms with van der Waals surface area (Å²) in [5, 5.41) is 15.3. The highest BCUT2D eigenvalue weighted by atomic mass is 16.4. The maximum absolute atomic E-state index is 9.24. The third-order valence-electron chi connectivity index (χ3n) is 0.304. The van der Waals surface area contributed by atoms with Crippen molar-refractivity contribution in [2.24, 2.45) is 11.5 Å². The minimum atomic E-state index is -0.968. The normalized spacial score (nSPS) is 7.44. The molecule has 0 amide bonds. The molecule has 0 bridgehead atoms. The number of rotatable bonds is 2. The molecule has 0 aliphatic carbocycles. The fraction of sp³-hybridized carbons (Fsp3) is 0.750. The lowest BCUT2D eigenvalue weighted by molar-refractivity contribution is -0.135. The molecule has 0 spiro atoms. The van der Waals surface area contributed by atoms with Crippen molar-refractivity contribution in [1.29, 1.82) is 0 Å². The van der Waals surface area contributed by atoms with E-state index in [-0.39, 0.29) is 13.2 Å². The number of carboxylic acids is 1. The molecule has 0 atom stereocenters. The first-order valence-corrected chi connectivity index (χ1v) is 2.41. The molecule has 0 saturated heterocycles. The predicted molar refractivity (Wildman–Crippen MR) is 32.8 cm³/mol. The Labute approximate surface area is 53.3 Å². The molecule has 6 N–H and O–H groups in total. The highest BCUT2D eigenvalue weighted by molar-refractivity contribution is 5.68. The van der Waals surface area contributed by atoms with Crippen molar-refractivity contribution in [3.8, 4) is 0 Å². The van der Waals surface area contributed by atoms with Gasteiger partial charge in [0.15, 0.2) is 0 Å². The van der Waals surface area contributed by atoms with Gasteiger partial charge >= 0.3 is 5.97 Å². The molecule has 0 aromatic heterocycles. The average molecular weight is 136 g/mol. The fourth-order valence-corrected chi connectivity index (χ4v) is 0. The van der Waals surface area contributed by atoms with Crippen LogP contribution in [0.4, 0.5) is 0 Å². The zero-order chi connectivity index (χ0) is 7.70. The van der Waals surface area contributed by atoms with E-state index in [1.54, 1.807) is 0 Å². The quantitative estimate of drug-likeness (QED) is 0.350. The van der Waals surface area contributed by atoms with Crippen LogP contribution in [0.3, 0.4) is 0 Å². The Morgan fingerprint density at radius 1 is 1.44 bits per heavy atom. The lowest BCUT2D eigenvalue weighted by Crippen LogP contribution is -2.10. The van der Waals surface area contributed by atoms with Crippen LogP contribution >= 0.6 is 0 Å². The van der Waals surface area contributed by atoms with Crippen molar-refractivity contribution in [3.05, 3.63) is 0 Å². The first-order valence-electron chi connectivity index (χ1n) is 2.41. The maximum atomic E-state index is 9.24. The third-order valence-corrected chi connectivity index (χ3v) is 0.304. The summed E-state index contributed by atoms with van der Waals surface area (Å²) >= 11 is 0. The van der Waals surface area contributed by atoms with Gasteiger partial charge in [0.05, 0.1) is 13.2 Å². The monoisotopic (exact) mass is 136 g/mol. The number of aliphatic hydroxyl groups excluding tert-OH is 1. The molecule has 56 valence electrons. The topological polar surface area (TPSA) is 110 Å². The molecular weight excluding hydrogens is 124 g/mol. The van der Waals surface area contributed by atoms with Crippen LogP contribution in [0.25, 0.3) is 0 Å². The minimum absolute atomic E-state index is 0.0972. The molecule has 5 heteroatoms. The van der Waals surface area contributed by atoms with Gasteiger partial charge in [-0.15, -0.1) is 0 Å². The molecule has 0 aromatic rings. The van der Waals surface area contributed by atoms with Gasteiger partial charge in [0.1, 0.15) is 0 Å². The number of carboxylic acid groups (broad SMARTS) is 1. The number of hydrogen-bond acceptors (Lipinski definition) is 4. The number of nitrogens with two attached hydrogens (primary N) is 2. The second-order valence-electron chi connectivity index (χ2n) is 1.11. The van der Waals surface area contributed by atoms with Gasteiger partial charge in [0.2, 0.25) is 0 Å². The standard InChI is InChI=1S/C2H5NO2.C2H7NO/c3-1-2(4)5;3-1-2-4/h1,3H2,(H,4,5);4H,1-3H2. The zero-order valence-electron chi connectivity index (χ0n) is 5.08. The number of aliphatic hydroxyl groups is 1. The summed E-state index contributed by atoms with van der Waals surface area (Å²) in [7, 11) is 0. The van der Waals surface area contributed by atoms with E-state index < -0.39 is 5.97 Å². The van der Waals surface area contributed by atoms with Crippen LogP contribution in [-0.4, -0.2) is 35.9 Å². The molecule has 9 heavy (non-hydrogen) atoms. The Morgan fingerprint density at radius 3 is 1.67 bits per heavy atom. The molecule has 0 heterocycles. The fourth-order valence-electron chi connectivity index (χ4n) is 0. The van der Waals surface area contributed by atoms with Gasteiger partial charge in [0, 0.05) is 6.54 Å². The molecule has 5 nitrogen and oxygen atoms in total. The second-order valence-corrected chi connectivity index (χ2v) is 1.11. The van der Waals surface area contributed by atoms with Crippen LogP contribution in [0.15, 0.2) is 0 Å². The van der Waals surface area contributed by atoms with Gasteiger partial charge in [-0.1, -0.05) is 0 Å². The smallest absolute Gasteiger partial charge is 0.317 e. The number of carbonyl (C=O) groups is 1. The second kappa shape index (κ2) is 10.4. The van der Waals surface area contributed by atoms with E-state index in [0.717, 1.165) is 0 Å². The van der Waals surface area contributed by atoms with Crippen LogP contribution in [0, 0.1) is 0 Å². The van der Waals surface area contributed by atoms with Gasteiger partial charge in [-0.2, -0.15) is 0 Å². The number of hydrogen-bond donors (Lipinski definition) is 4. The largest absolute Gasteiger partial charge is 0.480 e. The Balaban J connectivity index is 0. The van der Waals surface area contributed by atoms with Gasteiger partial charge in [-0.05, 0) is 0 Å². The summed E-state index contributed by atoms with van der Waals surface area (Å²) in [5.74, 6) is -0.968. The van der Waals surface area contributed by atoms with Crippen molar-refractivity contribution in [2.75, 3.05) is 19.7 Å². The summed E-state index contributed by atoms with van der Waals surface area (Å²) < 4.78 is 0. The first kappa shape index (κ1) is 11.2. The summed E-state index contributed by atoms with van der Waals surface area (Å²) in [6.45, 7) is 0.194. The van der Waals surface area contributed by atoms with Crippen LogP contribution in [0.1, 0.15) is 0 Å². The molecule has 0 aliphatic heterocycles. The van der Waals surface area contributed by atoms with E-state index in [4.69, 9.17) is 15.9 Å². The van der Waals surface area contributed by atoms with Crippen molar-refractivity contribution < 1.29 is 15.0 Å².